The smallest absolute Gasteiger partial charge is 0.470 e. The minimum absolute atomic E-state index is 0.931. The summed E-state index contributed by atoms with van der Waals surface area (Å²) in [6.07, 6.45) is -94.7. The van der Waals surface area contributed by atoms with E-state index < -0.39 is 348 Å². The van der Waals surface area contributed by atoms with E-state index in [9.17, 15) is 167 Å². The molecule has 0 aromatic heterocycles. The van der Waals surface area contributed by atoms with Gasteiger partial charge >= 0.3 is 19.8 Å². The Morgan fingerprint density at radius 1 is 0.421 bits per heavy atom. The Balaban J connectivity index is 1.20. The molecule has 34 N–H and O–H groups in total. The summed E-state index contributed by atoms with van der Waals surface area (Å²) in [5, 5.41) is 305. The minimum atomic E-state index is -5.84. The van der Waals surface area contributed by atoms with E-state index in [1.165, 1.54) is 0 Å². The van der Waals surface area contributed by atoms with Gasteiger partial charge in [0.25, 0.3) is 11.6 Å². The van der Waals surface area contributed by atoms with Crippen LogP contribution in [0.15, 0.2) is 0 Å². The fourth-order valence-electron chi connectivity index (χ4n) is 13.1. The summed E-state index contributed by atoms with van der Waals surface area (Å²) in [4.78, 5) is 47.8. The quantitative estimate of drug-likeness (QED) is 0.0287. The van der Waals surface area contributed by atoms with Crippen LogP contribution in [0.25, 0.3) is 0 Å². The zero-order valence-electron chi connectivity index (χ0n) is 55.5. The van der Waals surface area contributed by atoms with Crippen molar-refractivity contribution in [2.24, 2.45) is 11.5 Å². The highest BCUT2D eigenvalue weighted by molar-refractivity contribution is 7.46. The molecule has 8 aliphatic heterocycles. The number of phosphoric ester groups is 1. The maximum Gasteiger partial charge on any atom is 0.470 e. The van der Waals surface area contributed by atoms with Crippen LogP contribution < -0.4 is 11.5 Å². The number of carbonyl (C=O) groups is 2. The normalized spacial score (nSPS) is 48.2. The van der Waals surface area contributed by atoms with E-state index in [1.54, 1.807) is 0 Å². The van der Waals surface area contributed by atoms with Crippen molar-refractivity contribution in [3.8, 4) is 0 Å². The lowest BCUT2D eigenvalue weighted by molar-refractivity contribution is -0.416. The van der Waals surface area contributed by atoms with Gasteiger partial charge in [-0.1, -0.05) is 0 Å². The lowest BCUT2D eigenvalue weighted by Crippen LogP contribution is -2.71. The van der Waals surface area contributed by atoms with Gasteiger partial charge in [-0.25, -0.2) is 14.2 Å². The van der Waals surface area contributed by atoms with Gasteiger partial charge in [0.05, 0.1) is 77.1 Å². The summed E-state index contributed by atoms with van der Waals surface area (Å²) in [5.74, 6) is -12.1. The van der Waals surface area contributed by atoms with Crippen molar-refractivity contribution in [3.63, 3.8) is 0 Å². The van der Waals surface area contributed by atoms with Gasteiger partial charge in [0.15, 0.2) is 37.7 Å². The highest BCUT2D eigenvalue weighted by atomic mass is 31.2. The van der Waals surface area contributed by atoms with Crippen LogP contribution in [-0.4, -0.2) is 480 Å². The third kappa shape index (κ3) is 19.5. The maximum atomic E-state index is 14.1. The van der Waals surface area contributed by atoms with E-state index in [0.29, 0.717) is 0 Å². The van der Waals surface area contributed by atoms with Crippen molar-refractivity contribution in [1.29, 1.82) is 0 Å². The van der Waals surface area contributed by atoms with E-state index in [4.69, 9.17) is 87.0 Å². The van der Waals surface area contributed by atoms with Gasteiger partial charge < -0.3 is 235 Å². The Hall–Kier alpha value is -2.67. The zero-order chi connectivity index (χ0) is 79.7. The van der Waals surface area contributed by atoms with Gasteiger partial charge in [0, 0.05) is 12.8 Å². The Kier molecular flexibility index (Phi) is 31.3. The van der Waals surface area contributed by atoms with Crippen LogP contribution in [0.1, 0.15) is 12.8 Å². The number of aliphatic hydroxyl groups excluding tert-OH is 26. The molecule has 0 radical (unpaired) electrons. The molecule has 8 heterocycles. The summed E-state index contributed by atoms with van der Waals surface area (Å²) in [5.41, 5.74) is 11.8. The molecule has 0 amide bonds. The van der Waals surface area contributed by atoms with E-state index in [-0.39, 0.29) is 0 Å². The van der Waals surface area contributed by atoms with E-state index in [2.05, 4.69) is 0 Å². The first-order chi connectivity index (χ1) is 50.1. The molecule has 52 heteroatoms. The summed E-state index contributed by atoms with van der Waals surface area (Å²) in [6, 6.07) is -3.53. The van der Waals surface area contributed by atoms with Crippen LogP contribution in [0.5, 0.6) is 0 Å². The molecule has 107 heavy (non-hydrogen) atoms. The SMILES string of the molecule is N[C@@H]1[C@@H](O)[C@H](O)[C@@H](CO[C@@H]2O[C@H](CO[C@]3(C(=O)O)C[C@@H](O[C@]4(C(=O)O)C[C@@H](O)[C@@H](O)[C@@H]([C@H](O)CO)O4)[C@@H](O[C@H]4O[C@H]([C@@H](O)CO)[C@@H](O[C@@H]5O[C@H](CO)[C@@H](O)[C@H](O)[C@H]5O)[C@H](O[C@H]5O[C@H]([C@@H](O)CO[C@H]6O[C@H]([C@@H](O)CO)[C@@H](O)[C@H](O)[C@@H]6O)[C@@H](O)[C@H](O)[C@@H]5O)[C@@H]4O)[C@@H]([C@H](O)CO)O3)[C@@H](OP(=O)(O)O)[C@H](O)[C@H]2N)O[C@@H]1O. The predicted molar refractivity (Wildman–Crippen MR) is 320 cm³/mol. The van der Waals surface area contributed by atoms with Gasteiger partial charge in [-0.15, -0.1) is 0 Å². The fourth-order valence-corrected chi connectivity index (χ4v) is 13.7. The van der Waals surface area contributed by atoms with Gasteiger partial charge in [-0.05, 0) is 0 Å². The first-order valence-corrected chi connectivity index (χ1v) is 34.4. The number of carboxylic acids is 2. The summed E-state index contributed by atoms with van der Waals surface area (Å²) < 4.78 is 103. The minimum Gasteiger partial charge on any atom is -0.477 e. The molecule has 0 spiro atoms. The lowest BCUT2D eigenvalue weighted by Gasteiger charge is -2.53. The average molecular weight is 1600 g/mol. The standard InChI is InChI=1S/C55H95N2O49P/c56-21-26(72)25(71)19(94-46(21)83)9-92-47-22(57)27(73)42(106-107(88,89)90)20(96-47)10-93-54(52(84)85)2-17(103-55(53(86)87)1-11(63)23(69)39(104-55)13(65)4-59)43(41(105-54)15(67)6-61)100-51-36(82)44(45(40(99-51)14(66)5-60)102-49-34(80)28(74)24(70)18(7-62)95-49)101-50-35(81)30(76)32(78)38(98-50)16(68)8-91-48-33(79)29(75)31(77)37(97-48)12(64)3-58/h11-51,58-83H,1-10,56-57H2,(H,84,85)(H,86,87)(H2,88,89,90)/t11-,12+,13-,14+,15-,16+,17-,18-,19-,20-,21-,22-,23-,24-,25-,26-,27-,28+,29+,30+,31+,32+,33+,34-,35+,36+,37-,38-,39-,40-,41-,42-,43-,44-,45-,46+,47-,48+,49+,50-,51-,54-,55-/m1/s1. The van der Waals surface area contributed by atoms with Gasteiger partial charge in [-0.3, -0.25) is 4.52 Å². The number of nitrogens with two attached hydrogens (primary N) is 2. The highest BCUT2D eigenvalue weighted by Crippen LogP contribution is 2.46. The lowest BCUT2D eigenvalue weighted by atomic mass is 9.89. The van der Waals surface area contributed by atoms with E-state index in [0.717, 1.165) is 0 Å². The topological polar surface area (TPSA) is 858 Å². The monoisotopic (exact) mass is 1600 g/mol. The third-order valence-electron chi connectivity index (χ3n) is 19.2. The van der Waals surface area contributed by atoms with Crippen molar-refractivity contribution in [3.05, 3.63) is 0 Å². The fraction of sp³-hybridized carbons (Fsp3) is 0.964. The largest absolute Gasteiger partial charge is 0.477 e. The van der Waals surface area contributed by atoms with E-state index >= 15 is 0 Å². The number of aliphatic hydroxyl groups is 26. The first-order valence-electron chi connectivity index (χ1n) is 32.9. The Labute approximate surface area is 601 Å². The third-order valence-corrected chi connectivity index (χ3v) is 19.8. The first kappa shape index (κ1) is 89.9. The van der Waals surface area contributed by atoms with Gasteiger partial charge in [0.2, 0.25) is 0 Å². The summed E-state index contributed by atoms with van der Waals surface area (Å²) in [7, 11) is -5.84. The molecule has 624 valence electrons. The number of hydrogen-bond acceptors (Lipinski definition) is 47. The molecule has 0 aromatic rings. The molecular formula is C55H95N2O49P. The van der Waals surface area contributed by atoms with Crippen LogP contribution in [-0.2, 0) is 89.7 Å². The van der Waals surface area contributed by atoms with Crippen LogP contribution in [0.3, 0.4) is 0 Å². The maximum absolute atomic E-state index is 14.1. The van der Waals surface area contributed by atoms with Gasteiger partial charge in [-0.2, -0.15) is 0 Å². The number of carboxylic acid groups (broad SMARTS) is 2. The second-order valence-electron chi connectivity index (χ2n) is 26.6. The van der Waals surface area contributed by atoms with Crippen molar-refractivity contribution in [1.82, 2.24) is 0 Å². The number of ether oxygens (including phenoxy) is 15. The second-order valence-corrected chi connectivity index (χ2v) is 27.8. The van der Waals surface area contributed by atoms with Crippen LogP contribution in [0.2, 0.25) is 0 Å². The predicted octanol–water partition coefficient (Wildman–Crippen LogP) is -20.6. The zero-order valence-corrected chi connectivity index (χ0v) is 56.4. The average Bonchev–Trinajstić information content (AvgIpc) is 0.743. The highest BCUT2D eigenvalue weighted by Gasteiger charge is 2.65. The van der Waals surface area contributed by atoms with Crippen molar-refractivity contribution in [2.75, 3.05) is 52.9 Å². The Morgan fingerprint density at radius 2 is 0.888 bits per heavy atom. The van der Waals surface area contributed by atoms with Crippen molar-refractivity contribution >= 4 is 19.8 Å². The number of aliphatic carboxylic acids is 2. The molecule has 8 fully saturated rings. The molecule has 0 aliphatic carbocycles. The van der Waals surface area contributed by atoms with Crippen LogP contribution in [0.4, 0.5) is 0 Å². The summed E-state index contributed by atoms with van der Waals surface area (Å²) >= 11 is 0. The number of hydrogen-bond donors (Lipinski definition) is 32. The molecule has 0 aromatic carbocycles. The molecule has 8 rings (SSSR count). The van der Waals surface area contributed by atoms with Gasteiger partial charge in [0.1, 0.15) is 189 Å². The molecule has 0 unspecified atom stereocenters. The number of phosphoric acid groups is 1. The molecular weight excluding hydrogens is 1500 g/mol. The van der Waals surface area contributed by atoms with E-state index in [1.807, 2.05) is 0 Å². The molecule has 8 saturated heterocycles. The van der Waals surface area contributed by atoms with Crippen LogP contribution >= 0.6 is 7.82 Å². The molecule has 0 bridgehead atoms. The molecule has 43 atom stereocenters. The molecule has 51 nitrogen and oxygen atoms in total. The Morgan fingerprint density at radius 3 is 1.46 bits per heavy atom. The number of rotatable bonds is 31. The molecule has 0 saturated carbocycles. The summed E-state index contributed by atoms with van der Waals surface area (Å²) in [6.45, 7) is -10.4. The Bertz CT molecular complexity index is 2850. The van der Waals surface area contributed by atoms with Crippen molar-refractivity contribution < 1.29 is 243 Å². The molecule has 8 aliphatic rings. The second kappa shape index (κ2) is 37.3. The van der Waals surface area contributed by atoms with Crippen molar-refractivity contribution in [2.45, 2.75) is 276 Å². The van der Waals surface area contributed by atoms with Crippen LogP contribution in [0, 0.1) is 0 Å².